The summed E-state index contributed by atoms with van der Waals surface area (Å²) in [4.78, 5) is 11.2. The summed E-state index contributed by atoms with van der Waals surface area (Å²) < 4.78 is 5.60. The number of ether oxygens (including phenoxy) is 1. The number of hydrogen-bond acceptors (Lipinski definition) is 2. The van der Waals surface area contributed by atoms with Crippen molar-refractivity contribution in [1.29, 1.82) is 0 Å². The molecule has 2 rings (SSSR count). The standard InChI is InChI=1S/C14H18O3/c1-3-17-13-6-4-5-10-8-11(14(15)16)9(2)7-12(10)13/h4-6,9,11H,3,7-8H2,1-2H3,(H,15,16). The van der Waals surface area contributed by atoms with Gasteiger partial charge in [-0.15, -0.1) is 0 Å². The molecule has 0 aromatic heterocycles. The van der Waals surface area contributed by atoms with Crippen LogP contribution in [0.5, 0.6) is 5.75 Å². The molecular weight excluding hydrogens is 216 g/mol. The van der Waals surface area contributed by atoms with Crippen molar-refractivity contribution in [3.05, 3.63) is 29.3 Å². The van der Waals surface area contributed by atoms with Gasteiger partial charge in [-0.05, 0) is 42.9 Å². The fraction of sp³-hybridized carbons (Fsp3) is 0.500. The topological polar surface area (TPSA) is 46.5 Å². The summed E-state index contributed by atoms with van der Waals surface area (Å²) in [5.41, 5.74) is 2.32. The average Bonchev–Trinajstić information content (AvgIpc) is 2.29. The largest absolute Gasteiger partial charge is 0.494 e. The first kappa shape index (κ1) is 12.0. The highest BCUT2D eigenvalue weighted by Gasteiger charge is 2.31. The minimum absolute atomic E-state index is 0.168. The fourth-order valence-electron chi connectivity index (χ4n) is 2.56. The summed E-state index contributed by atoms with van der Waals surface area (Å²) in [6.45, 7) is 4.61. The zero-order valence-electron chi connectivity index (χ0n) is 10.3. The second kappa shape index (κ2) is 4.78. The molecule has 0 saturated heterocycles. The predicted octanol–water partition coefficient (Wildman–Crippen LogP) is 2.52. The van der Waals surface area contributed by atoms with Gasteiger partial charge < -0.3 is 9.84 Å². The van der Waals surface area contributed by atoms with Crippen molar-refractivity contribution < 1.29 is 14.6 Å². The molecular formula is C14H18O3. The van der Waals surface area contributed by atoms with E-state index in [4.69, 9.17) is 4.74 Å². The minimum atomic E-state index is -0.690. The monoisotopic (exact) mass is 234 g/mol. The molecule has 3 nitrogen and oxygen atoms in total. The molecule has 1 aromatic carbocycles. The summed E-state index contributed by atoms with van der Waals surface area (Å²) >= 11 is 0. The molecule has 0 spiro atoms. The third kappa shape index (κ3) is 2.28. The van der Waals surface area contributed by atoms with Crippen LogP contribution in [-0.2, 0) is 17.6 Å². The van der Waals surface area contributed by atoms with Crippen LogP contribution in [-0.4, -0.2) is 17.7 Å². The Hall–Kier alpha value is -1.51. The predicted molar refractivity (Wildman–Crippen MR) is 65.3 cm³/mol. The number of rotatable bonds is 3. The van der Waals surface area contributed by atoms with Crippen LogP contribution in [0.1, 0.15) is 25.0 Å². The maximum atomic E-state index is 11.2. The number of carbonyl (C=O) groups is 1. The molecule has 1 aromatic rings. The lowest BCUT2D eigenvalue weighted by Crippen LogP contribution is -2.30. The molecule has 0 bridgehead atoms. The lowest BCUT2D eigenvalue weighted by Gasteiger charge is -2.29. The van der Waals surface area contributed by atoms with Crippen LogP contribution in [0, 0.1) is 11.8 Å². The maximum Gasteiger partial charge on any atom is 0.307 e. The van der Waals surface area contributed by atoms with E-state index in [-0.39, 0.29) is 11.8 Å². The molecule has 0 amide bonds. The van der Waals surface area contributed by atoms with E-state index in [1.807, 2.05) is 32.0 Å². The number of benzene rings is 1. The number of carboxylic acids is 1. The maximum absolute atomic E-state index is 11.2. The van der Waals surface area contributed by atoms with E-state index >= 15 is 0 Å². The third-order valence-corrected chi connectivity index (χ3v) is 3.50. The van der Waals surface area contributed by atoms with Crippen LogP contribution in [0.25, 0.3) is 0 Å². The number of carboxylic acid groups (broad SMARTS) is 1. The summed E-state index contributed by atoms with van der Waals surface area (Å²) in [6, 6.07) is 5.93. The third-order valence-electron chi connectivity index (χ3n) is 3.50. The van der Waals surface area contributed by atoms with Gasteiger partial charge in [0.05, 0.1) is 12.5 Å². The van der Waals surface area contributed by atoms with E-state index < -0.39 is 5.97 Å². The summed E-state index contributed by atoms with van der Waals surface area (Å²) in [6.07, 6.45) is 1.41. The Balaban J connectivity index is 2.33. The highest BCUT2D eigenvalue weighted by molar-refractivity contribution is 5.71. The molecule has 0 fully saturated rings. The highest BCUT2D eigenvalue weighted by atomic mass is 16.5. The Morgan fingerprint density at radius 2 is 2.24 bits per heavy atom. The normalized spacial score (nSPS) is 22.9. The molecule has 0 heterocycles. The van der Waals surface area contributed by atoms with Gasteiger partial charge in [-0.25, -0.2) is 0 Å². The molecule has 2 atom stereocenters. The molecule has 0 saturated carbocycles. The Bertz CT molecular complexity index is 425. The van der Waals surface area contributed by atoms with Gasteiger partial charge in [-0.2, -0.15) is 0 Å². The highest BCUT2D eigenvalue weighted by Crippen LogP contribution is 2.35. The molecule has 2 unspecified atom stereocenters. The van der Waals surface area contributed by atoms with Gasteiger partial charge in [0.2, 0.25) is 0 Å². The van der Waals surface area contributed by atoms with E-state index in [0.29, 0.717) is 13.0 Å². The van der Waals surface area contributed by atoms with Crippen molar-refractivity contribution in [3.63, 3.8) is 0 Å². The Kier molecular flexibility index (Phi) is 3.36. The zero-order chi connectivity index (χ0) is 12.4. The van der Waals surface area contributed by atoms with Crippen molar-refractivity contribution in [2.75, 3.05) is 6.61 Å². The van der Waals surface area contributed by atoms with Crippen molar-refractivity contribution in [1.82, 2.24) is 0 Å². The zero-order valence-corrected chi connectivity index (χ0v) is 10.3. The molecule has 1 aliphatic carbocycles. The van der Waals surface area contributed by atoms with Gasteiger partial charge in [0, 0.05) is 0 Å². The molecule has 92 valence electrons. The van der Waals surface area contributed by atoms with Crippen molar-refractivity contribution in [2.45, 2.75) is 26.7 Å². The van der Waals surface area contributed by atoms with Gasteiger partial charge >= 0.3 is 5.97 Å². The van der Waals surface area contributed by atoms with Crippen LogP contribution in [0.15, 0.2) is 18.2 Å². The van der Waals surface area contributed by atoms with E-state index in [1.54, 1.807) is 0 Å². The van der Waals surface area contributed by atoms with Crippen molar-refractivity contribution >= 4 is 5.97 Å². The number of fused-ring (bicyclic) bond motifs is 1. The smallest absolute Gasteiger partial charge is 0.307 e. The molecule has 17 heavy (non-hydrogen) atoms. The van der Waals surface area contributed by atoms with Crippen LogP contribution >= 0.6 is 0 Å². The number of aliphatic carboxylic acids is 1. The minimum Gasteiger partial charge on any atom is -0.494 e. The Morgan fingerprint density at radius 3 is 2.88 bits per heavy atom. The molecule has 0 radical (unpaired) electrons. The van der Waals surface area contributed by atoms with Crippen LogP contribution in [0.2, 0.25) is 0 Å². The van der Waals surface area contributed by atoms with Gasteiger partial charge in [0.25, 0.3) is 0 Å². The van der Waals surface area contributed by atoms with E-state index in [2.05, 4.69) is 0 Å². The van der Waals surface area contributed by atoms with Crippen molar-refractivity contribution in [2.24, 2.45) is 11.8 Å². The van der Waals surface area contributed by atoms with E-state index in [9.17, 15) is 9.90 Å². The summed E-state index contributed by atoms with van der Waals surface area (Å²) in [7, 11) is 0. The Labute approximate surface area is 101 Å². The summed E-state index contributed by atoms with van der Waals surface area (Å²) in [5.74, 6) is 0.131. The van der Waals surface area contributed by atoms with Gasteiger partial charge in [-0.1, -0.05) is 19.1 Å². The molecule has 3 heteroatoms. The lowest BCUT2D eigenvalue weighted by molar-refractivity contribution is -0.143. The second-order valence-electron chi connectivity index (χ2n) is 4.66. The molecule has 0 aliphatic heterocycles. The first-order valence-electron chi connectivity index (χ1n) is 6.09. The van der Waals surface area contributed by atoms with Crippen molar-refractivity contribution in [3.8, 4) is 5.75 Å². The fourth-order valence-corrected chi connectivity index (χ4v) is 2.56. The SMILES string of the molecule is CCOc1cccc2c1CC(C)C(C(=O)O)C2. The van der Waals surface area contributed by atoms with E-state index in [0.717, 1.165) is 17.7 Å². The van der Waals surface area contributed by atoms with Crippen LogP contribution < -0.4 is 4.74 Å². The summed E-state index contributed by atoms with van der Waals surface area (Å²) in [5, 5.41) is 9.18. The molecule has 1 aliphatic rings. The van der Waals surface area contributed by atoms with E-state index in [1.165, 1.54) is 5.56 Å². The number of hydrogen-bond donors (Lipinski definition) is 1. The quantitative estimate of drug-likeness (QED) is 0.874. The average molecular weight is 234 g/mol. The van der Waals surface area contributed by atoms with Crippen LogP contribution in [0.4, 0.5) is 0 Å². The van der Waals surface area contributed by atoms with Gasteiger partial charge in [0.1, 0.15) is 5.75 Å². The second-order valence-corrected chi connectivity index (χ2v) is 4.66. The molecule has 1 N–H and O–H groups in total. The van der Waals surface area contributed by atoms with Gasteiger partial charge in [0.15, 0.2) is 0 Å². The van der Waals surface area contributed by atoms with Gasteiger partial charge in [-0.3, -0.25) is 4.79 Å². The Morgan fingerprint density at radius 1 is 1.47 bits per heavy atom. The lowest BCUT2D eigenvalue weighted by atomic mass is 9.76. The first-order chi connectivity index (χ1) is 8.13. The first-order valence-corrected chi connectivity index (χ1v) is 6.09. The van der Waals surface area contributed by atoms with Crippen LogP contribution in [0.3, 0.4) is 0 Å².